The van der Waals surface area contributed by atoms with Gasteiger partial charge < -0.3 is 10.4 Å². The van der Waals surface area contributed by atoms with Crippen LogP contribution in [0.5, 0.6) is 0 Å². The van der Waals surface area contributed by atoms with E-state index in [1.165, 1.54) is 4.68 Å². The zero-order chi connectivity index (χ0) is 13.8. The minimum Gasteiger partial charge on any atom is -0.481 e. The van der Waals surface area contributed by atoms with Crippen LogP contribution in [0.2, 0.25) is 0 Å². The summed E-state index contributed by atoms with van der Waals surface area (Å²) >= 11 is 0. The van der Waals surface area contributed by atoms with Crippen molar-refractivity contribution in [1.29, 1.82) is 0 Å². The number of carbonyl (C=O) groups is 2. The van der Waals surface area contributed by atoms with Crippen LogP contribution in [0.25, 0.3) is 0 Å². The fourth-order valence-electron chi connectivity index (χ4n) is 2.61. The highest BCUT2D eigenvalue weighted by atomic mass is 16.4. The molecule has 1 aromatic rings. The summed E-state index contributed by atoms with van der Waals surface area (Å²) in [6.45, 7) is 0. The number of hydrogen-bond acceptors (Lipinski definition) is 3. The summed E-state index contributed by atoms with van der Waals surface area (Å²) in [6, 6.07) is 1.34. The Morgan fingerprint density at radius 1 is 1.37 bits per heavy atom. The Balaban J connectivity index is 2.08. The van der Waals surface area contributed by atoms with Crippen LogP contribution in [0.3, 0.4) is 0 Å². The molecule has 0 saturated heterocycles. The fraction of sp³-hybridized carbons (Fsp3) is 0.615. The quantitative estimate of drug-likeness (QED) is 0.804. The molecule has 0 aliphatic heterocycles. The first kappa shape index (κ1) is 13.6. The number of hydrogen-bond donors (Lipinski definition) is 2. The molecule has 1 aliphatic carbocycles. The highest BCUT2D eigenvalue weighted by molar-refractivity contribution is 5.93. The molecule has 1 heterocycles. The van der Waals surface area contributed by atoms with Gasteiger partial charge in [-0.25, -0.2) is 0 Å². The Labute approximate surface area is 111 Å². The van der Waals surface area contributed by atoms with E-state index in [4.69, 9.17) is 0 Å². The number of aliphatic carboxylic acids is 1. The van der Waals surface area contributed by atoms with E-state index in [9.17, 15) is 14.7 Å². The van der Waals surface area contributed by atoms with Crippen molar-refractivity contribution in [2.45, 2.75) is 38.1 Å². The monoisotopic (exact) mass is 265 g/mol. The van der Waals surface area contributed by atoms with Gasteiger partial charge in [-0.1, -0.05) is 19.3 Å². The lowest BCUT2D eigenvalue weighted by Gasteiger charge is -2.22. The molecule has 2 rings (SSSR count). The van der Waals surface area contributed by atoms with Crippen molar-refractivity contribution in [3.05, 3.63) is 18.0 Å². The molecule has 2 N–H and O–H groups in total. The summed E-state index contributed by atoms with van der Waals surface area (Å²) in [6.07, 6.45) is 5.81. The zero-order valence-corrected chi connectivity index (χ0v) is 11.0. The smallest absolute Gasteiger partial charge is 0.308 e. The van der Waals surface area contributed by atoms with Gasteiger partial charge in [0.15, 0.2) is 0 Å². The van der Waals surface area contributed by atoms with Crippen LogP contribution in [-0.2, 0) is 11.8 Å². The summed E-state index contributed by atoms with van der Waals surface area (Å²) < 4.78 is 1.49. The highest BCUT2D eigenvalue weighted by Gasteiger charge is 2.31. The second-order valence-corrected chi connectivity index (χ2v) is 5.00. The zero-order valence-electron chi connectivity index (χ0n) is 11.0. The molecule has 1 amide bonds. The molecule has 2 atom stereocenters. The van der Waals surface area contributed by atoms with Crippen molar-refractivity contribution < 1.29 is 14.7 Å². The van der Waals surface area contributed by atoms with Gasteiger partial charge in [-0.05, 0) is 18.9 Å². The van der Waals surface area contributed by atoms with E-state index in [0.29, 0.717) is 12.1 Å². The van der Waals surface area contributed by atoms with Crippen LogP contribution in [0.15, 0.2) is 12.3 Å². The second-order valence-electron chi connectivity index (χ2n) is 5.00. The molecule has 0 aromatic carbocycles. The minimum atomic E-state index is -0.822. The first-order chi connectivity index (χ1) is 9.09. The molecule has 6 heteroatoms. The van der Waals surface area contributed by atoms with Gasteiger partial charge in [0.2, 0.25) is 0 Å². The fourth-order valence-corrected chi connectivity index (χ4v) is 2.61. The number of carbonyl (C=O) groups excluding carboxylic acids is 1. The highest BCUT2D eigenvalue weighted by Crippen LogP contribution is 2.24. The van der Waals surface area contributed by atoms with Crippen molar-refractivity contribution in [2.75, 3.05) is 0 Å². The number of nitrogens with zero attached hydrogens (tertiary/aromatic N) is 2. The van der Waals surface area contributed by atoms with Crippen molar-refractivity contribution in [1.82, 2.24) is 15.1 Å². The SMILES string of the molecule is Cn1nccc1C(=O)N[C@H]1CCCCC[C@H]1C(=O)O. The van der Waals surface area contributed by atoms with E-state index >= 15 is 0 Å². The van der Waals surface area contributed by atoms with E-state index in [-0.39, 0.29) is 11.9 Å². The van der Waals surface area contributed by atoms with E-state index in [2.05, 4.69) is 10.4 Å². The topological polar surface area (TPSA) is 84.2 Å². The van der Waals surface area contributed by atoms with E-state index in [1.807, 2.05) is 0 Å². The number of aryl methyl sites for hydroxylation is 1. The van der Waals surface area contributed by atoms with Crippen LogP contribution in [-0.4, -0.2) is 32.8 Å². The number of amides is 1. The normalized spacial score (nSPS) is 23.6. The van der Waals surface area contributed by atoms with E-state index in [1.54, 1.807) is 19.3 Å². The van der Waals surface area contributed by atoms with Gasteiger partial charge in [-0.15, -0.1) is 0 Å². The van der Waals surface area contributed by atoms with Crippen LogP contribution in [0, 0.1) is 5.92 Å². The Hall–Kier alpha value is -1.85. The third kappa shape index (κ3) is 3.13. The van der Waals surface area contributed by atoms with E-state index in [0.717, 1.165) is 25.7 Å². The second kappa shape index (κ2) is 5.86. The van der Waals surface area contributed by atoms with Crippen molar-refractivity contribution in [3.63, 3.8) is 0 Å². The maximum Gasteiger partial charge on any atom is 0.308 e. The Morgan fingerprint density at radius 3 is 2.74 bits per heavy atom. The number of aromatic nitrogens is 2. The van der Waals surface area contributed by atoms with Crippen LogP contribution >= 0.6 is 0 Å². The lowest BCUT2D eigenvalue weighted by atomic mass is 9.95. The summed E-state index contributed by atoms with van der Waals surface area (Å²) in [5.41, 5.74) is 0.452. The largest absolute Gasteiger partial charge is 0.481 e. The van der Waals surface area contributed by atoms with Gasteiger partial charge in [0.05, 0.1) is 5.92 Å². The summed E-state index contributed by atoms with van der Waals surface area (Å²) in [5, 5.41) is 16.1. The predicted octanol–water partition coefficient (Wildman–Crippen LogP) is 1.18. The van der Waals surface area contributed by atoms with Gasteiger partial charge in [-0.3, -0.25) is 14.3 Å². The van der Waals surface area contributed by atoms with Crippen molar-refractivity contribution in [2.24, 2.45) is 13.0 Å². The number of nitrogens with one attached hydrogen (secondary N) is 1. The first-order valence-electron chi connectivity index (χ1n) is 6.61. The molecule has 6 nitrogen and oxygen atoms in total. The van der Waals surface area contributed by atoms with Crippen molar-refractivity contribution >= 4 is 11.9 Å². The minimum absolute atomic E-state index is 0.252. The Kier molecular flexibility index (Phi) is 4.19. The molecule has 0 bridgehead atoms. The maximum absolute atomic E-state index is 12.1. The van der Waals surface area contributed by atoms with Gasteiger partial charge in [0.25, 0.3) is 5.91 Å². The van der Waals surface area contributed by atoms with Gasteiger partial charge in [0.1, 0.15) is 5.69 Å². The average molecular weight is 265 g/mol. The van der Waals surface area contributed by atoms with Crippen LogP contribution in [0.1, 0.15) is 42.6 Å². The Bertz CT molecular complexity index is 469. The Morgan fingerprint density at radius 2 is 2.11 bits per heavy atom. The molecule has 1 aromatic heterocycles. The average Bonchev–Trinajstić information content (AvgIpc) is 2.65. The van der Waals surface area contributed by atoms with Crippen LogP contribution in [0.4, 0.5) is 0 Å². The molecular weight excluding hydrogens is 246 g/mol. The molecule has 0 radical (unpaired) electrons. The summed E-state index contributed by atoms with van der Waals surface area (Å²) in [5.74, 6) is -1.56. The molecular formula is C13H19N3O3. The van der Waals surface area contributed by atoms with Gasteiger partial charge in [-0.2, -0.15) is 5.10 Å². The maximum atomic E-state index is 12.1. The third-order valence-electron chi connectivity index (χ3n) is 3.70. The van der Waals surface area contributed by atoms with Crippen LogP contribution < -0.4 is 5.32 Å². The molecule has 1 saturated carbocycles. The third-order valence-corrected chi connectivity index (χ3v) is 3.70. The molecule has 104 valence electrons. The van der Waals surface area contributed by atoms with E-state index < -0.39 is 11.9 Å². The lowest BCUT2D eigenvalue weighted by molar-refractivity contribution is -0.142. The summed E-state index contributed by atoms with van der Waals surface area (Å²) in [4.78, 5) is 23.4. The number of carboxylic acids is 1. The van der Waals surface area contributed by atoms with Gasteiger partial charge in [0, 0.05) is 19.3 Å². The number of carboxylic acid groups (broad SMARTS) is 1. The molecule has 1 fully saturated rings. The molecule has 0 unspecified atom stereocenters. The number of rotatable bonds is 3. The predicted molar refractivity (Wildman–Crippen MR) is 68.7 cm³/mol. The molecule has 1 aliphatic rings. The molecule has 0 spiro atoms. The summed E-state index contributed by atoms with van der Waals surface area (Å²) in [7, 11) is 1.69. The standard InChI is InChI=1S/C13H19N3O3/c1-16-11(7-8-14-16)12(17)15-10-6-4-2-3-5-9(10)13(18)19/h7-10H,2-6H2,1H3,(H,15,17)(H,18,19)/t9-,10+/m1/s1. The van der Waals surface area contributed by atoms with Crippen molar-refractivity contribution in [3.8, 4) is 0 Å². The molecule has 19 heavy (non-hydrogen) atoms. The van der Waals surface area contributed by atoms with Gasteiger partial charge >= 0.3 is 5.97 Å². The first-order valence-corrected chi connectivity index (χ1v) is 6.61. The lowest BCUT2D eigenvalue weighted by Crippen LogP contribution is -2.43.